The van der Waals surface area contributed by atoms with Gasteiger partial charge in [-0.05, 0) is 31.0 Å². The Morgan fingerprint density at radius 1 is 1.46 bits per heavy atom. The molecular weight excluding hydrogens is 251 g/mol. The van der Waals surface area contributed by atoms with Gasteiger partial charge in [-0.25, -0.2) is 0 Å². The minimum atomic E-state index is -0.0892. The van der Waals surface area contributed by atoms with Gasteiger partial charge < -0.3 is 0 Å². The highest BCUT2D eigenvalue weighted by atomic mass is 79.9. The van der Waals surface area contributed by atoms with E-state index < -0.39 is 0 Å². The van der Waals surface area contributed by atoms with Crippen LogP contribution in [0.25, 0.3) is 0 Å². The summed E-state index contributed by atoms with van der Waals surface area (Å²) in [5, 5.41) is 0.720. The van der Waals surface area contributed by atoms with E-state index in [-0.39, 0.29) is 10.6 Å². The molecule has 0 saturated carbocycles. The number of hydrogen-bond acceptors (Lipinski definition) is 1. The molecule has 1 aromatic carbocycles. The van der Waals surface area contributed by atoms with Crippen LogP contribution in [0.15, 0.2) is 24.3 Å². The van der Waals surface area contributed by atoms with Crippen molar-refractivity contribution in [2.24, 2.45) is 0 Å². The Morgan fingerprint density at radius 3 is 2.46 bits per heavy atom. The summed E-state index contributed by atoms with van der Waals surface area (Å²) in [5.74, 6) is 0.148. The molecule has 1 aromatic rings. The van der Waals surface area contributed by atoms with Crippen LogP contribution in [0, 0.1) is 0 Å². The number of carbonyl (C=O) groups is 1. The third-order valence-electron chi connectivity index (χ3n) is 1.77. The van der Waals surface area contributed by atoms with Gasteiger partial charge in [-0.15, -0.1) is 0 Å². The molecule has 3 heteroatoms. The third kappa shape index (κ3) is 3.49. The largest absolute Gasteiger partial charge is 0.299 e. The van der Waals surface area contributed by atoms with Crippen LogP contribution in [0.5, 0.6) is 0 Å². The molecule has 0 fully saturated rings. The normalized spacial score (nSPS) is 12.5. The fraction of sp³-hybridized carbons (Fsp3) is 0.300. The van der Waals surface area contributed by atoms with Gasteiger partial charge >= 0.3 is 0 Å². The average Bonchev–Trinajstić information content (AvgIpc) is 2.08. The van der Waals surface area contributed by atoms with Crippen LogP contribution in [0.4, 0.5) is 0 Å². The first-order valence-corrected chi connectivity index (χ1v) is 5.28. The molecule has 13 heavy (non-hydrogen) atoms. The van der Waals surface area contributed by atoms with Gasteiger partial charge in [-0.1, -0.05) is 39.7 Å². The summed E-state index contributed by atoms with van der Waals surface area (Å²) in [6.45, 7) is 1.58. The molecule has 0 aliphatic heterocycles. The van der Waals surface area contributed by atoms with E-state index in [0.29, 0.717) is 6.42 Å². The molecule has 0 aromatic heterocycles. The zero-order valence-corrected chi connectivity index (χ0v) is 9.60. The number of alkyl halides is 1. The molecule has 0 saturated heterocycles. The van der Waals surface area contributed by atoms with E-state index in [9.17, 15) is 4.79 Å². The van der Waals surface area contributed by atoms with Crippen LogP contribution >= 0.6 is 27.5 Å². The van der Waals surface area contributed by atoms with Crippen LogP contribution < -0.4 is 0 Å². The molecule has 0 amide bonds. The number of carbonyl (C=O) groups excluding carboxylic acids is 1. The minimum absolute atomic E-state index is 0.0892. The van der Waals surface area contributed by atoms with Crippen molar-refractivity contribution in [3.8, 4) is 0 Å². The molecule has 0 aliphatic carbocycles. The van der Waals surface area contributed by atoms with Gasteiger partial charge in [-0.3, -0.25) is 4.79 Å². The Morgan fingerprint density at radius 2 is 2.00 bits per heavy atom. The third-order valence-corrected chi connectivity index (χ3v) is 2.99. The van der Waals surface area contributed by atoms with E-state index in [2.05, 4.69) is 15.9 Å². The summed E-state index contributed by atoms with van der Waals surface area (Å²) < 4.78 is 0. The second-order valence-electron chi connectivity index (χ2n) is 2.91. The smallest absolute Gasteiger partial charge is 0.143 e. The quantitative estimate of drug-likeness (QED) is 0.764. The number of ketones is 1. The second kappa shape index (κ2) is 4.77. The minimum Gasteiger partial charge on any atom is -0.299 e. The zero-order valence-electron chi connectivity index (χ0n) is 7.26. The van der Waals surface area contributed by atoms with Gasteiger partial charge in [0.05, 0.1) is 4.83 Å². The van der Waals surface area contributed by atoms with Crippen LogP contribution in [-0.2, 0) is 11.2 Å². The first-order valence-electron chi connectivity index (χ1n) is 3.98. The molecule has 0 radical (unpaired) electrons. The van der Waals surface area contributed by atoms with Gasteiger partial charge in [-0.2, -0.15) is 0 Å². The molecular formula is C10H10BrClO. The highest BCUT2D eigenvalue weighted by Crippen LogP contribution is 2.14. The van der Waals surface area contributed by atoms with Gasteiger partial charge in [0.2, 0.25) is 0 Å². The fourth-order valence-corrected chi connectivity index (χ4v) is 1.47. The Hall–Kier alpha value is -0.340. The van der Waals surface area contributed by atoms with Crippen LogP contribution in [0.2, 0.25) is 5.02 Å². The number of benzene rings is 1. The summed E-state index contributed by atoms with van der Waals surface area (Å²) in [4.78, 5) is 10.9. The first-order chi connectivity index (χ1) is 6.09. The molecule has 0 N–H and O–H groups in total. The van der Waals surface area contributed by atoms with Crippen molar-refractivity contribution in [3.63, 3.8) is 0 Å². The summed E-state index contributed by atoms with van der Waals surface area (Å²) in [6.07, 6.45) is 0.715. The standard InChI is InChI=1S/C10H10BrClO/c1-7(13)10(11)6-8-2-4-9(12)5-3-8/h2-5,10H,6H2,1H3. The monoisotopic (exact) mass is 260 g/mol. The highest BCUT2D eigenvalue weighted by Gasteiger charge is 2.09. The molecule has 0 bridgehead atoms. The summed E-state index contributed by atoms with van der Waals surface area (Å²) in [7, 11) is 0. The molecule has 0 heterocycles. The van der Waals surface area contributed by atoms with E-state index in [1.165, 1.54) is 0 Å². The maximum atomic E-state index is 10.9. The molecule has 0 spiro atoms. The number of Topliss-reactive ketones (excluding diaryl/α,β-unsaturated/α-hetero) is 1. The lowest BCUT2D eigenvalue weighted by molar-refractivity contribution is -0.116. The highest BCUT2D eigenvalue weighted by molar-refractivity contribution is 9.10. The van der Waals surface area contributed by atoms with E-state index >= 15 is 0 Å². The van der Waals surface area contributed by atoms with Gasteiger partial charge in [0.1, 0.15) is 5.78 Å². The maximum Gasteiger partial charge on any atom is 0.143 e. The van der Waals surface area contributed by atoms with Crippen molar-refractivity contribution in [1.29, 1.82) is 0 Å². The summed E-state index contributed by atoms with van der Waals surface area (Å²) in [5.41, 5.74) is 1.11. The zero-order chi connectivity index (χ0) is 9.84. The molecule has 1 nitrogen and oxygen atoms in total. The fourth-order valence-electron chi connectivity index (χ4n) is 0.971. The van der Waals surface area contributed by atoms with Gasteiger partial charge in [0, 0.05) is 5.02 Å². The lowest BCUT2D eigenvalue weighted by Gasteiger charge is -2.05. The number of rotatable bonds is 3. The van der Waals surface area contributed by atoms with Crippen molar-refractivity contribution in [2.75, 3.05) is 0 Å². The predicted molar refractivity (Wildman–Crippen MR) is 58.6 cm³/mol. The van der Waals surface area contributed by atoms with E-state index in [1.54, 1.807) is 6.92 Å². The Kier molecular flexibility index (Phi) is 3.94. The Bertz CT molecular complexity index is 294. The first kappa shape index (κ1) is 10.7. The van der Waals surface area contributed by atoms with Gasteiger partial charge in [0.15, 0.2) is 0 Å². The SMILES string of the molecule is CC(=O)C(Br)Cc1ccc(Cl)cc1. The second-order valence-corrected chi connectivity index (χ2v) is 4.45. The van der Waals surface area contributed by atoms with Gasteiger partial charge in [0.25, 0.3) is 0 Å². The van der Waals surface area contributed by atoms with Crippen LogP contribution in [0.3, 0.4) is 0 Å². The molecule has 1 unspecified atom stereocenters. The lowest BCUT2D eigenvalue weighted by atomic mass is 10.1. The Balaban J connectivity index is 2.64. The van der Waals surface area contributed by atoms with E-state index in [1.807, 2.05) is 24.3 Å². The summed E-state index contributed by atoms with van der Waals surface area (Å²) >= 11 is 9.05. The Labute approximate surface area is 91.2 Å². The average molecular weight is 262 g/mol. The topological polar surface area (TPSA) is 17.1 Å². The van der Waals surface area contributed by atoms with Crippen molar-refractivity contribution in [2.45, 2.75) is 18.2 Å². The molecule has 0 aliphatic rings. The lowest BCUT2D eigenvalue weighted by Crippen LogP contribution is -2.12. The number of halogens is 2. The van der Waals surface area contributed by atoms with Crippen LogP contribution in [-0.4, -0.2) is 10.6 Å². The maximum absolute atomic E-state index is 10.9. The van der Waals surface area contributed by atoms with Crippen molar-refractivity contribution in [1.82, 2.24) is 0 Å². The number of hydrogen-bond donors (Lipinski definition) is 0. The molecule has 70 valence electrons. The van der Waals surface area contributed by atoms with Crippen LogP contribution in [0.1, 0.15) is 12.5 Å². The van der Waals surface area contributed by atoms with Crippen molar-refractivity contribution < 1.29 is 4.79 Å². The van der Waals surface area contributed by atoms with Crippen molar-refractivity contribution in [3.05, 3.63) is 34.9 Å². The van der Waals surface area contributed by atoms with Crippen molar-refractivity contribution >= 4 is 33.3 Å². The molecule has 1 rings (SSSR count). The summed E-state index contributed by atoms with van der Waals surface area (Å²) in [6, 6.07) is 7.52. The molecule has 1 atom stereocenters. The van der Waals surface area contributed by atoms with E-state index in [0.717, 1.165) is 10.6 Å². The predicted octanol–water partition coefficient (Wildman–Crippen LogP) is 3.24. The van der Waals surface area contributed by atoms with E-state index in [4.69, 9.17) is 11.6 Å².